The Balaban J connectivity index is 1.92. The minimum atomic E-state index is -4.24. The summed E-state index contributed by atoms with van der Waals surface area (Å²) in [4.78, 5) is 11.6. The highest BCUT2D eigenvalue weighted by Gasteiger charge is 2.09. The van der Waals surface area contributed by atoms with Gasteiger partial charge in [-0.2, -0.15) is 8.42 Å². The van der Waals surface area contributed by atoms with E-state index < -0.39 is 16.1 Å². The molecule has 0 aliphatic rings. The molecule has 0 atom stereocenters. The van der Waals surface area contributed by atoms with E-state index in [-0.39, 0.29) is 4.90 Å². The zero-order chi connectivity index (χ0) is 16.9. The molecule has 0 aromatic heterocycles. The minimum absolute atomic E-state index is 0.236. The van der Waals surface area contributed by atoms with Gasteiger partial charge < -0.3 is 15.4 Å². The molecule has 2 rings (SSSR count). The number of methoxy groups -OCH3 is 1. The van der Waals surface area contributed by atoms with E-state index >= 15 is 0 Å². The van der Waals surface area contributed by atoms with Crippen molar-refractivity contribution < 1.29 is 22.5 Å². The quantitative estimate of drug-likeness (QED) is 0.727. The van der Waals surface area contributed by atoms with E-state index in [2.05, 4.69) is 10.6 Å². The maximum atomic E-state index is 11.8. The van der Waals surface area contributed by atoms with Crippen LogP contribution in [0.4, 0.5) is 10.5 Å². The lowest BCUT2D eigenvalue weighted by atomic mass is 10.2. The number of nitrogens with one attached hydrogen (secondary N) is 2. The molecule has 8 heteroatoms. The molecule has 0 heterocycles. The highest BCUT2D eigenvalue weighted by atomic mass is 32.2. The van der Waals surface area contributed by atoms with E-state index in [4.69, 9.17) is 9.29 Å². The monoisotopic (exact) mass is 336 g/mol. The number of hydrogen-bond acceptors (Lipinski definition) is 4. The second kappa shape index (κ2) is 7.12. The summed E-state index contributed by atoms with van der Waals surface area (Å²) in [5.41, 5.74) is 1.28. The molecule has 2 aromatic carbocycles. The Morgan fingerprint density at radius 2 is 1.87 bits per heavy atom. The lowest BCUT2D eigenvalue weighted by Gasteiger charge is -2.09. The highest BCUT2D eigenvalue weighted by Crippen LogP contribution is 2.14. The van der Waals surface area contributed by atoms with Gasteiger partial charge in [0.05, 0.1) is 12.0 Å². The minimum Gasteiger partial charge on any atom is -0.497 e. The Kier molecular flexibility index (Phi) is 5.20. The standard InChI is InChI=1S/C15H16N2O5S/c1-22-13-4-2-3-11(9-13)10-16-15(18)17-12-5-7-14(8-6-12)23(19,20)21/h2-9H,10H2,1H3,(H2,16,17,18)(H,19,20,21). The van der Waals surface area contributed by atoms with E-state index in [1.54, 1.807) is 19.2 Å². The molecule has 3 N–H and O–H groups in total. The van der Waals surface area contributed by atoms with Gasteiger partial charge in [-0.3, -0.25) is 4.55 Å². The summed E-state index contributed by atoms with van der Waals surface area (Å²) < 4.78 is 35.8. The Labute approximate surface area is 134 Å². The van der Waals surface area contributed by atoms with Crippen LogP contribution in [0.2, 0.25) is 0 Å². The van der Waals surface area contributed by atoms with Gasteiger partial charge >= 0.3 is 6.03 Å². The number of carbonyl (C=O) groups excluding carboxylic acids is 1. The first-order valence-corrected chi connectivity index (χ1v) is 8.08. The van der Waals surface area contributed by atoms with Crippen molar-refractivity contribution in [1.82, 2.24) is 5.32 Å². The number of anilines is 1. The zero-order valence-corrected chi connectivity index (χ0v) is 13.1. The molecular weight excluding hydrogens is 320 g/mol. The molecule has 0 fully saturated rings. The molecular formula is C15H16N2O5S. The number of urea groups is 1. The average Bonchev–Trinajstić information content (AvgIpc) is 2.53. The van der Waals surface area contributed by atoms with Gasteiger partial charge in [0, 0.05) is 12.2 Å². The smallest absolute Gasteiger partial charge is 0.319 e. The van der Waals surface area contributed by atoms with E-state index in [1.807, 2.05) is 12.1 Å². The van der Waals surface area contributed by atoms with Crippen LogP contribution in [-0.4, -0.2) is 26.1 Å². The van der Waals surface area contributed by atoms with Crippen LogP contribution in [0.15, 0.2) is 53.4 Å². The maximum absolute atomic E-state index is 11.8. The summed E-state index contributed by atoms with van der Waals surface area (Å²) in [6, 6.07) is 12.0. The number of rotatable bonds is 5. The number of carbonyl (C=O) groups is 1. The number of amides is 2. The molecule has 0 bridgehead atoms. The van der Waals surface area contributed by atoms with Gasteiger partial charge in [-0.25, -0.2) is 4.79 Å². The van der Waals surface area contributed by atoms with Gasteiger partial charge in [-0.15, -0.1) is 0 Å². The zero-order valence-electron chi connectivity index (χ0n) is 12.3. The molecule has 2 amide bonds. The molecule has 0 unspecified atom stereocenters. The van der Waals surface area contributed by atoms with Gasteiger partial charge in [-0.1, -0.05) is 12.1 Å². The number of ether oxygens (including phenoxy) is 1. The first kappa shape index (κ1) is 16.8. The Morgan fingerprint density at radius 1 is 1.17 bits per heavy atom. The summed E-state index contributed by atoms with van der Waals surface area (Å²) in [6.07, 6.45) is 0. The Bertz CT molecular complexity index is 788. The van der Waals surface area contributed by atoms with Crippen molar-refractivity contribution in [3.05, 3.63) is 54.1 Å². The molecule has 0 radical (unpaired) electrons. The topological polar surface area (TPSA) is 105 Å². The van der Waals surface area contributed by atoms with Crippen molar-refractivity contribution in [2.45, 2.75) is 11.4 Å². The second-order valence-electron chi connectivity index (χ2n) is 4.66. The van der Waals surface area contributed by atoms with E-state index in [9.17, 15) is 13.2 Å². The molecule has 23 heavy (non-hydrogen) atoms. The Morgan fingerprint density at radius 3 is 2.48 bits per heavy atom. The van der Waals surface area contributed by atoms with Gasteiger partial charge in [0.15, 0.2) is 0 Å². The number of hydrogen-bond donors (Lipinski definition) is 3. The first-order valence-electron chi connectivity index (χ1n) is 6.64. The van der Waals surface area contributed by atoms with Crippen molar-refractivity contribution in [2.75, 3.05) is 12.4 Å². The summed E-state index contributed by atoms with van der Waals surface area (Å²) in [7, 11) is -2.68. The van der Waals surface area contributed by atoms with Crippen LogP contribution in [0.1, 0.15) is 5.56 Å². The predicted octanol–water partition coefficient (Wildman–Crippen LogP) is 2.26. The van der Waals surface area contributed by atoms with Crippen LogP contribution in [0, 0.1) is 0 Å². The van der Waals surface area contributed by atoms with Crippen LogP contribution in [0.3, 0.4) is 0 Å². The van der Waals surface area contributed by atoms with Crippen LogP contribution < -0.4 is 15.4 Å². The first-order chi connectivity index (χ1) is 10.9. The fourth-order valence-corrected chi connectivity index (χ4v) is 2.33. The third-order valence-corrected chi connectivity index (χ3v) is 3.87. The van der Waals surface area contributed by atoms with Crippen molar-refractivity contribution >= 4 is 21.8 Å². The van der Waals surface area contributed by atoms with Gasteiger partial charge in [-0.05, 0) is 42.0 Å². The lowest BCUT2D eigenvalue weighted by molar-refractivity contribution is 0.251. The Hall–Kier alpha value is -2.58. The van der Waals surface area contributed by atoms with Gasteiger partial charge in [0.2, 0.25) is 0 Å². The van der Waals surface area contributed by atoms with E-state index in [1.165, 1.54) is 24.3 Å². The largest absolute Gasteiger partial charge is 0.497 e. The molecule has 2 aromatic rings. The molecule has 0 spiro atoms. The van der Waals surface area contributed by atoms with Crippen LogP contribution >= 0.6 is 0 Å². The van der Waals surface area contributed by atoms with E-state index in [0.29, 0.717) is 18.0 Å². The summed E-state index contributed by atoms with van der Waals surface area (Å²) >= 11 is 0. The van der Waals surface area contributed by atoms with Crippen LogP contribution in [-0.2, 0) is 16.7 Å². The molecule has 7 nitrogen and oxygen atoms in total. The third-order valence-electron chi connectivity index (χ3n) is 3.00. The second-order valence-corrected chi connectivity index (χ2v) is 6.08. The number of benzene rings is 2. The maximum Gasteiger partial charge on any atom is 0.319 e. The molecule has 0 saturated heterocycles. The third kappa shape index (κ3) is 4.97. The highest BCUT2D eigenvalue weighted by molar-refractivity contribution is 7.85. The van der Waals surface area contributed by atoms with E-state index in [0.717, 1.165) is 5.56 Å². The molecule has 0 aliphatic carbocycles. The fourth-order valence-electron chi connectivity index (χ4n) is 1.85. The van der Waals surface area contributed by atoms with Gasteiger partial charge in [0.1, 0.15) is 5.75 Å². The van der Waals surface area contributed by atoms with Gasteiger partial charge in [0.25, 0.3) is 10.1 Å². The lowest BCUT2D eigenvalue weighted by Crippen LogP contribution is -2.28. The predicted molar refractivity (Wildman–Crippen MR) is 85.1 cm³/mol. The summed E-state index contributed by atoms with van der Waals surface area (Å²) in [5.74, 6) is 0.700. The molecule has 122 valence electrons. The SMILES string of the molecule is COc1cccc(CNC(=O)Nc2ccc(S(=O)(=O)O)cc2)c1. The van der Waals surface area contributed by atoms with Crippen LogP contribution in [0.25, 0.3) is 0 Å². The average molecular weight is 336 g/mol. The van der Waals surface area contributed by atoms with Crippen molar-refractivity contribution in [1.29, 1.82) is 0 Å². The fraction of sp³-hybridized carbons (Fsp3) is 0.133. The normalized spacial score (nSPS) is 10.9. The van der Waals surface area contributed by atoms with Crippen molar-refractivity contribution in [3.8, 4) is 5.75 Å². The molecule has 0 aliphatic heterocycles. The van der Waals surface area contributed by atoms with Crippen LogP contribution in [0.5, 0.6) is 5.75 Å². The van der Waals surface area contributed by atoms with Crippen molar-refractivity contribution in [2.24, 2.45) is 0 Å². The summed E-state index contributed by atoms with van der Waals surface area (Å²) in [5, 5.41) is 5.23. The molecule has 0 saturated carbocycles. The summed E-state index contributed by atoms with van der Waals surface area (Å²) in [6.45, 7) is 0.312. The van der Waals surface area contributed by atoms with Crippen molar-refractivity contribution in [3.63, 3.8) is 0 Å².